The van der Waals surface area contributed by atoms with Crippen LogP contribution in [0.4, 0.5) is 19.4 Å². The van der Waals surface area contributed by atoms with Crippen LogP contribution in [-0.2, 0) is 0 Å². The summed E-state index contributed by atoms with van der Waals surface area (Å²) in [6.07, 6.45) is -0.503. The Kier molecular flexibility index (Phi) is 7.07. The number of nitrogens with zero attached hydrogens (tertiary/aromatic N) is 3. The van der Waals surface area contributed by atoms with Gasteiger partial charge in [0, 0.05) is 30.5 Å². The fourth-order valence-electron chi connectivity index (χ4n) is 3.01. The number of hydrogen-bond acceptors (Lipinski definition) is 5. The molecule has 9 heteroatoms. The Bertz CT molecular complexity index is 859. The molecule has 0 radical (unpaired) electrons. The van der Waals surface area contributed by atoms with Crippen molar-refractivity contribution in [2.75, 3.05) is 18.6 Å². The van der Waals surface area contributed by atoms with Crippen LogP contribution in [0.2, 0.25) is 0 Å². The van der Waals surface area contributed by atoms with E-state index in [2.05, 4.69) is 9.97 Å². The minimum Gasteiger partial charge on any atom is -0.475 e. The van der Waals surface area contributed by atoms with Crippen LogP contribution >= 0.6 is 0 Å². The minimum atomic E-state index is -2.80. The van der Waals surface area contributed by atoms with Gasteiger partial charge in [-0.25, -0.2) is 23.5 Å². The first kappa shape index (κ1) is 22.5. The highest BCUT2D eigenvalue weighted by atomic mass is 19.3. The van der Waals surface area contributed by atoms with Crippen molar-refractivity contribution >= 4 is 11.9 Å². The highest BCUT2D eigenvalue weighted by molar-refractivity contribution is 5.85. The molecule has 2 rings (SSSR count). The molecule has 0 aromatic carbocycles. The average Bonchev–Trinajstić information content (AvgIpc) is 2.64. The van der Waals surface area contributed by atoms with Gasteiger partial charge in [0.2, 0.25) is 5.88 Å². The van der Waals surface area contributed by atoms with Crippen LogP contribution < -0.4 is 15.4 Å². The van der Waals surface area contributed by atoms with Crippen LogP contribution in [0.15, 0.2) is 30.6 Å². The standard InChI is InChI=1S/C20H26F2N4O3/c1-12(2)9-20(3,23)11-29-18-15(17(21)22)7-14(10-25-18)13-5-6-24-16(8-13)26(4)19(27)28/h5-8,10,12,17H,9,11,23H2,1-4H3,(H,27,28)/t20-/m0/s1. The van der Waals surface area contributed by atoms with Crippen molar-refractivity contribution in [1.82, 2.24) is 9.97 Å². The number of anilines is 1. The number of aromatic nitrogens is 2. The van der Waals surface area contributed by atoms with Crippen molar-refractivity contribution < 1.29 is 23.4 Å². The minimum absolute atomic E-state index is 0.0556. The smallest absolute Gasteiger partial charge is 0.412 e. The van der Waals surface area contributed by atoms with Gasteiger partial charge in [0.15, 0.2) is 0 Å². The molecule has 0 saturated heterocycles. The third-order valence-corrected chi connectivity index (χ3v) is 4.24. The molecule has 0 unspecified atom stereocenters. The van der Waals surface area contributed by atoms with Crippen LogP contribution in [-0.4, -0.2) is 40.4 Å². The molecule has 158 valence electrons. The lowest BCUT2D eigenvalue weighted by atomic mass is 9.93. The molecular formula is C20H26F2N4O3. The summed E-state index contributed by atoms with van der Waals surface area (Å²) in [6.45, 7) is 5.90. The summed E-state index contributed by atoms with van der Waals surface area (Å²) in [7, 11) is 1.34. The van der Waals surface area contributed by atoms with Crippen molar-refractivity contribution in [3.05, 3.63) is 36.2 Å². The van der Waals surface area contributed by atoms with Crippen molar-refractivity contribution in [3.8, 4) is 17.0 Å². The molecule has 0 fully saturated rings. The predicted octanol–water partition coefficient (Wildman–Crippen LogP) is 4.34. The van der Waals surface area contributed by atoms with E-state index in [-0.39, 0.29) is 23.9 Å². The first-order valence-electron chi connectivity index (χ1n) is 9.13. The summed E-state index contributed by atoms with van der Waals surface area (Å²) in [6, 6.07) is 4.36. The maximum atomic E-state index is 13.6. The Hall–Kier alpha value is -2.81. The summed E-state index contributed by atoms with van der Waals surface area (Å²) in [5, 5.41) is 9.08. The monoisotopic (exact) mass is 408 g/mol. The Labute approximate surface area is 168 Å². The SMILES string of the molecule is CC(C)C[C@](C)(N)COc1ncc(-c2ccnc(N(C)C(=O)O)c2)cc1C(F)F. The van der Waals surface area contributed by atoms with Gasteiger partial charge in [-0.15, -0.1) is 0 Å². The number of hydrogen-bond donors (Lipinski definition) is 2. The number of rotatable bonds is 8. The van der Waals surface area contributed by atoms with Crippen molar-refractivity contribution in [3.63, 3.8) is 0 Å². The molecule has 2 aromatic heterocycles. The summed E-state index contributed by atoms with van der Waals surface area (Å²) in [4.78, 5) is 20.1. The van der Waals surface area contributed by atoms with E-state index >= 15 is 0 Å². The largest absolute Gasteiger partial charge is 0.475 e. The molecule has 0 aliphatic rings. The number of amides is 1. The fraction of sp³-hybridized carbons (Fsp3) is 0.450. The number of halogens is 2. The molecule has 1 atom stereocenters. The zero-order chi connectivity index (χ0) is 21.8. The first-order valence-corrected chi connectivity index (χ1v) is 9.13. The van der Waals surface area contributed by atoms with Gasteiger partial charge in [-0.05, 0) is 43.0 Å². The summed E-state index contributed by atoms with van der Waals surface area (Å²) >= 11 is 0. The summed E-state index contributed by atoms with van der Waals surface area (Å²) < 4.78 is 32.8. The number of carbonyl (C=O) groups is 1. The molecule has 1 amide bonds. The predicted molar refractivity (Wildman–Crippen MR) is 106 cm³/mol. The van der Waals surface area contributed by atoms with Gasteiger partial charge >= 0.3 is 6.09 Å². The second kappa shape index (κ2) is 9.13. The second-order valence-electron chi connectivity index (χ2n) is 7.70. The molecule has 0 aliphatic heterocycles. The van der Waals surface area contributed by atoms with Crippen LogP contribution in [0.3, 0.4) is 0 Å². The van der Waals surface area contributed by atoms with Gasteiger partial charge in [0.05, 0.1) is 5.56 Å². The topological polar surface area (TPSA) is 102 Å². The Balaban J connectivity index is 2.30. The molecule has 0 saturated carbocycles. The highest BCUT2D eigenvalue weighted by Crippen LogP contribution is 2.32. The molecule has 0 aliphatic carbocycles. The molecule has 29 heavy (non-hydrogen) atoms. The number of nitrogens with two attached hydrogens (primary N) is 1. The van der Waals surface area contributed by atoms with E-state index < -0.39 is 18.1 Å². The molecule has 0 spiro atoms. The summed E-state index contributed by atoms with van der Waals surface area (Å²) in [5.41, 5.74) is 6.06. The fourth-order valence-corrected chi connectivity index (χ4v) is 3.01. The second-order valence-corrected chi connectivity index (χ2v) is 7.70. The quantitative estimate of drug-likeness (QED) is 0.674. The van der Waals surface area contributed by atoms with Gasteiger partial charge in [0.1, 0.15) is 12.4 Å². The lowest BCUT2D eigenvalue weighted by Gasteiger charge is -2.26. The third-order valence-electron chi connectivity index (χ3n) is 4.24. The van der Waals surface area contributed by atoms with E-state index in [1.807, 2.05) is 13.8 Å². The van der Waals surface area contributed by atoms with E-state index in [0.29, 0.717) is 23.5 Å². The third kappa shape index (κ3) is 6.08. The van der Waals surface area contributed by atoms with E-state index in [1.165, 1.54) is 31.6 Å². The number of alkyl halides is 2. The number of carboxylic acid groups (broad SMARTS) is 1. The van der Waals surface area contributed by atoms with E-state index in [9.17, 15) is 13.6 Å². The average molecular weight is 408 g/mol. The van der Waals surface area contributed by atoms with Gasteiger partial charge < -0.3 is 15.6 Å². The molecule has 3 N–H and O–H groups in total. The molecule has 2 aromatic rings. The van der Waals surface area contributed by atoms with Crippen molar-refractivity contribution in [1.29, 1.82) is 0 Å². The lowest BCUT2D eigenvalue weighted by molar-refractivity contribution is 0.137. The van der Waals surface area contributed by atoms with Gasteiger partial charge in [-0.2, -0.15) is 0 Å². The number of ether oxygens (including phenoxy) is 1. The van der Waals surface area contributed by atoms with E-state index in [4.69, 9.17) is 15.6 Å². The van der Waals surface area contributed by atoms with Gasteiger partial charge in [-0.1, -0.05) is 13.8 Å². The van der Waals surface area contributed by atoms with Crippen LogP contribution in [0.1, 0.15) is 39.2 Å². The van der Waals surface area contributed by atoms with E-state index in [0.717, 1.165) is 4.90 Å². The first-order chi connectivity index (χ1) is 13.5. The van der Waals surface area contributed by atoms with Crippen LogP contribution in [0.25, 0.3) is 11.1 Å². The van der Waals surface area contributed by atoms with Crippen molar-refractivity contribution in [2.45, 2.75) is 39.2 Å². The number of pyridine rings is 2. The van der Waals surface area contributed by atoms with Gasteiger partial charge in [0.25, 0.3) is 6.43 Å². The normalized spacial score (nSPS) is 13.4. The maximum Gasteiger partial charge on any atom is 0.412 e. The van der Waals surface area contributed by atoms with Crippen LogP contribution in [0.5, 0.6) is 5.88 Å². The van der Waals surface area contributed by atoms with Crippen LogP contribution in [0, 0.1) is 5.92 Å². The summed E-state index contributed by atoms with van der Waals surface area (Å²) in [5.74, 6) is 0.339. The zero-order valence-electron chi connectivity index (χ0n) is 16.9. The maximum absolute atomic E-state index is 13.6. The molecular weight excluding hydrogens is 382 g/mol. The van der Waals surface area contributed by atoms with E-state index in [1.54, 1.807) is 13.0 Å². The Morgan fingerprint density at radius 1 is 1.31 bits per heavy atom. The zero-order valence-corrected chi connectivity index (χ0v) is 16.9. The Morgan fingerprint density at radius 2 is 2.00 bits per heavy atom. The van der Waals surface area contributed by atoms with Crippen molar-refractivity contribution in [2.24, 2.45) is 11.7 Å². The molecule has 7 nitrogen and oxygen atoms in total. The Morgan fingerprint density at radius 3 is 2.59 bits per heavy atom. The molecule has 0 bridgehead atoms. The van der Waals surface area contributed by atoms with Gasteiger partial charge in [-0.3, -0.25) is 4.90 Å². The highest BCUT2D eigenvalue weighted by Gasteiger charge is 2.24. The molecule has 2 heterocycles. The lowest BCUT2D eigenvalue weighted by Crippen LogP contribution is -2.43.